The number of aromatic nitrogens is 2. The largest absolute Gasteiger partial charge is 0.508 e. The summed E-state index contributed by atoms with van der Waals surface area (Å²) in [7, 11) is 1.68. The molecule has 1 N–H and O–H groups in total. The zero-order valence-corrected chi connectivity index (χ0v) is 15.6. The van der Waals surface area contributed by atoms with Crippen LogP contribution in [0.5, 0.6) is 11.5 Å². The first-order valence-electron chi connectivity index (χ1n) is 9.13. The first-order valence-corrected chi connectivity index (χ1v) is 9.13. The normalized spacial score (nSPS) is 14.0. The molecule has 27 heavy (non-hydrogen) atoms. The molecule has 1 aliphatic heterocycles. The van der Waals surface area contributed by atoms with Gasteiger partial charge in [-0.1, -0.05) is 12.1 Å². The lowest BCUT2D eigenvalue weighted by Crippen LogP contribution is -2.31. The maximum atomic E-state index is 9.59. The summed E-state index contributed by atoms with van der Waals surface area (Å²) in [5, 5.41) is 9.59. The van der Waals surface area contributed by atoms with Gasteiger partial charge in [-0.05, 0) is 48.9 Å². The highest BCUT2D eigenvalue weighted by atomic mass is 16.5. The third kappa shape index (κ3) is 3.78. The number of phenols is 1. The van der Waals surface area contributed by atoms with Crippen molar-refractivity contribution in [2.75, 3.05) is 13.7 Å². The molecule has 0 aliphatic carbocycles. The molecule has 4 rings (SSSR count). The van der Waals surface area contributed by atoms with Crippen LogP contribution in [0, 0.1) is 6.92 Å². The Morgan fingerprint density at radius 2 is 1.78 bits per heavy atom. The van der Waals surface area contributed by atoms with Crippen LogP contribution in [0.15, 0.2) is 48.5 Å². The predicted molar refractivity (Wildman–Crippen MR) is 105 cm³/mol. The molecule has 0 saturated carbocycles. The average molecular weight is 361 g/mol. The molecule has 2 aromatic carbocycles. The van der Waals surface area contributed by atoms with Gasteiger partial charge in [0, 0.05) is 37.2 Å². The van der Waals surface area contributed by atoms with E-state index in [0.717, 1.165) is 54.6 Å². The molecule has 138 valence electrons. The second kappa shape index (κ2) is 7.37. The number of phenolic OH excluding ortho intramolecular Hbond substituents is 1. The first-order chi connectivity index (χ1) is 13.1. The fourth-order valence-electron chi connectivity index (χ4n) is 3.58. The number of fused-ring (bicyclic) bond motifs is 1. The van der Waals surface area contributed by atoms with E-state index in [-0.39, 0.29) is 5.75 Å². The molecule has 0 atom stereocenters. The van der Waals surface area contributed by atoms with Crippen molar-refractivity contribution in [2.24, 2.45) is 0 Å². The van der Waals surface area contributed by atoms with E-state index in [1.807, 2.05) is 31.2 Å². The summed E-state index contributed by atoms with van der Waals surface area (Å²) < 4.78 is 5.24. The van der Waals surface area contributed by atoms with Crippen molar-refractivity contribution < 1.29 is 9.84 Å². The number of methoxy groups -OCH3 is 1. The molecule has 0 spiro atoms. The maximum absolute atomic E-state index is 9.59. The number of aryl methyl sites for hydroxylation is 1. The molecule has 5 nitrogen and oxygen atoms in total. The minimum atomic E-state index is 0.263. The molecule has 1 aromatic heterocycles. The van der Waals surface area contributed by atoms with Crippen molar-refractivity contribution in [3.05, 3.63) is 71.2 Å². The summed E-state index contributed by atoms with van der Waals surface area (Å²) in [6, 6.07) is 15.5. The number of ether oxygens (including phenoxy) is 1. The molecule has 0 radical (unpaired) electrons. The zero-order valence-electron chi connectivity index (χ0n) is 15.6. The van der Waals surface area contributed by atoms with E-state index >= 15 is 0 Å². The van der Waals surface area contributed by atoms with Gasteiger partial charge in [0.1, 0.15) is 17.3 Å². The predicted octanol–water partition coefficient (Wildman–Crippen LogP) is 3.72. The topological polar surface area (TPSA) is 58.5 Å². The molecule has 3 aromatic rings. The van der Waals surface area contributed by atoms with E-state index in [4.69, 9.17) is 9.72 Å². The highest BCUT2D eigenvalue weighted by Gasteiger charge is 2.22. The van der Waals surface area contributed by atoms with Gasteiger partial charge in [0.05, 0.1) is 18.5 Å². The summed E-state index contributed by atoms with van der Waals surface area (Å²) in [6.45, 7) is 4.61. The minimum absolute atomic E-state index is 0.263. The molecular formula is C22H23N3O2. The van der Waals surface area contributed by atoms with Gasteiger partial charge in [0.25, 0.3) is 0 Å². The Kier molecular flexibility index (Phi) is 4.77. The third-order valence-electron chi connectivity index (χ3n) is 4.96. The van der Waals surface area contributed by atoms with Crippen molar-refractivity contribution in [3.8, 4) is 22.8 Å². The quantitative estimate of drug-likeness (QED) is 0.767. The molecule has 0 amide bonds. The monoisotopic (exact) mass is 361 g/mol. The lowest BCUT2D eigenvalue weighted by atomic mass is 9.98. The van der Waals surface area contributed by atoms with E-state index in [2.05, 4.69) is 22.0 Å². The Labute approximate surface area is 159 Å². The number of hydrogen-bond donors (Lipinski definition) is 1. The van der Waals surface area contributed by atoms with Crippen LogP contribution in [0.3, 0.4) is 0 Å². The highest BCUT2D eigenvalue weighted by Crippen LogP contribution is 2.30. The summed E-state index contributed by atoms with van der Waals surface area (Å²) >= 11 is 0. The summed E-state index contributed by atoms with van der Waals surface area (Å²) in [5.74, 6) is 1.93. The van der Waals surface area contributed by atoms with Crippen molar-refractivity contribution in [2.45, 2.75) is 26.4 Å². The van der Waals surface area contributed by atoms with Crippen molar-refractivity contribution >= 4 is 0 Å². The standard InChI is InChI=1S/C22H23N3O2/c1-15-23-21-11-12-25(13-16-3-9-19(27-2)10-4-16)14-20(21)22(24-15)17-5-7-18(26)8-6-17/h3-10,26H,11-14H2,1-2H3. The Hall–Kier alpha value is -2.92. The van der Waals surface area contributed by atoms with Gasteiger partial charge in [-0.3, -0.25) is 4.90 Å². The lowest BCUT2D eigenvalue weighted by molar-refractivity contribution is 0.243. The van der Waals surface area contributed by atoms with E-state index in [0.29, 0.717) is 0 Å². The van der Waals surface area contributed by atoms with Gasteiger partial charge in [-0.15, -0.1) is 0 Å². The third-order valence-corrected chi connectivity index (χ3v) is 4.96. The molecule has 0 fully saturated rings. The number of benzene rings is 2. The van der Waals surface area contributed by atoms with Crippen molar-refractivity contribution in [1.29, 1.82) is 0 Å². The Morgan fingerprint density at radius 3 is 2.48 bits per heavy atom. The SMILES string of the molecule is COc1ccc(CN2CCc3nc(C)nc(-c4ccc(O)cc4)c3C2)cc1. The molecular weight excluding hydrogens is 338 g/mol. The second-order valence-electron chi connectivity index (χ2n) is 6.90. The van der Waals surface area contributed by atoms with Gasteiger partial charge in [-0.2, -0.15) is 0 Å². The fraction of sp³-hybridized carbons (Fsp3) is 0.273. The van der Waals surface area contributed by atoms with Crippen molar-refractivity contribution in [3.63, 3.8) is 0 Å². The Bertz CT molecular complexity index is 937. The van der Waals surface area contributed by atoms with E-state index < -0.39 is 0 Å². The van der Waals surface area contributed by atoms with Gasteiger partial charge in [-0.25, -0.2) is 9.97 Å². The molecule has 0 bridgehead atoms. The highest BCUT2D eigenvalue weighted by molar-refractivity contribution is 5.65. The lowest BCUT2D eigenvalue weighted by Gasteiger charge is -2.29. The van der Waals surface area contributed by atoms with Crippen LogP contribution in [-0.4, -0.2) is 33.6 Å². The number of aromatic hydroxyl groups is 1. The smallest absolute Gasteiger partial charge is 0.126 e. The van der Waals surface area contributed by atoms with E-state index in [9.17, 15) is 5.11 Å². The van der Waals surface area contributed by atoms with Crippen LogP contribution in [0.1, 0.15) is 22.6 Å². The van der Waals surface area contributed by atoms with Crippen LogP contribution >= 0.6 is 0 Å². The summed E-state index contributed by atoms with van der Waals surface area (Å²) in [6.07, 6.45) is 0.917. The van der Waals surface area contributed by atoms with E-state index in [1.54, 1.807) is 19.2 Å². The fourth-order valence-corrected chi connectivity index (χ4v) is 3.58. The zero-order chi connectivity index (χ0) is 18.8. The van der Waals surface area contributed by atoms with E-state index in [1.165, 1.54) is 11.1 Å². The molecule has 0 unspecified atom stereocenters. The Balaban J connectivity index is 1.61. The van der Waals surface area contributed by atoms with Gasteiger partial charge >= 0.3 is 0 Å². The van der Waals surface area contributed by atoms with Crippen LogP contribution in [0.2, 0.25) is 0 Å². The molecule has 5 heteroatoms. The maximum Gasteiger partial charge on any atom is 0.126 e. The van der Waals surface area contributed by atoms with Crippen LogP contribution in [-0.2, 0) is 19.5 Å². The second-order valence-corrected chi connectivity index (χ2v) is 6.90. The summed E-state index contributed by atoms with van der Waals surface area (Å²) in [4.78, 5) is 11.8. The van der Waals surface area contributed by atoms with Crippen LogP contribution in [0.25, 0.3) is 11.3 Å². The van der Waals surface area contributed by atoms with Gasteiger partial charge in [0.15, 0.2) is 0 Å². The first kappa shape index (κ1) is 17.5. The number of nitrogens with zero attached hydrogens (tertiary/aromatic N) is 3. The van der Waals surface area contributed by atoms with Gasteiger partial charge < -0.3 is 9.84 Å². The van der Waals surface area contributed by atoms with Gasteiger partial charge in [0.2, 0.25) is 0 Å². The Morgan fingerprint density at radius 1 is 1.04 bits per heavy atom. The van der Waals surface area contributed by atoms with Crippen LogP contribution < -0.4 is 4.74 Å². The number of hydrogen-bond acceptors (Lipinski definition) is 5. The molecule has 1 aliphatic rings. The summed E-state index contributed by atoms with van der Waals surface area (Å²) in [5.41, 5.74) is 5.57. The molecule has 2 heterocycles. The van der Waals surface area contributed by atoms with Crippen LogP contribution in [0.4, 0.5) is 0 Å². The van der Waals surface area contributed by atoms with Crippen molar-refractivity contribution in [1.82, 2.24) is 14.9 Å². The number of rotatable bonds is 4. The average Bonchev–Trinajstić information content (AvgIpc) is 2.69. The minimum Gasteiger partial charge on any atom is -0.508 e. The molecule has 0 saturated heterocycles.